The topological polar surface area (TPSA) is 49.8 Å². The first kappa shape index (κ1) is 14.3. The van der Waals surface area contributed by atoms with Gasteiger partial charge in [0.2, 0.25) is 0 Å². The zero-order valence-electron chi connectivity index (χ0n) is 11.1. The summed E-state index contributed by atoms with van der Waals surface area (Å²) in [6, 6.07) is 5.32. The van der Waals surface area contributed by atoms with E-state index < -0.39 is 0 Å². The Hall–Kier alpha value is -1.10. The van der Waals surface area contributed by atoms with Crippen LogP contribution in [0.3, 0.4) is 0 Å². The van der Waals surface area contributed by atoms with E-state index in [0.717, 1.165) is 5.56 Å². The molecule has 0 aliphatic carbocycles. The Morgan fingerprint density at radius 1 is 1.58 bits per heavy atom. The molecule has 2 rings (SSSR count). The Morgan fingerprint density at radius 3 is 3.00 bits per heavy atom. The van der Waals surface area contributed by atoms with Crippen molar-refractivity contribution < 1.29 is 14.6 Å². The zero-order valence-corrected chi connectivity index (χ0v) is 11.9. The van der Waals surface area contributed by atoms with Crippen LogP contribution in [0.1, 0.15) is 22.8 Å². The molecule has 2 unspecified atom stereocenters. The molecule has 1 saturated heterocycles. The first-order chi connectivity index (χ1) is 9.04. The molecule has 0 aromatic heterocycles. The highest BCUT2D eigenvalue weighted by Crippen LogP contribution is 2.22. The molecule has 0 bridgehead atoms. The second-order valence-electron chi connectivity index (χ2n) is 4.86. The maximum Gasteiger partial charge on any atom is 0.254 e. The highest BCUT2D eigenvalue weighted by Gasteiger charge is 2.30. The summed E-state index contributed by atoms with van der Waals surface area (Å²) < 4.78 is 5.44. The largest absolute Gasteiger partial charge is 0.394 e. The van der Waals surface area contributed by atoms with Gasteiger partial charge in [-0.05, 0) is 31.5 Å². The Labute approximate surface area is 117 Å². The molecule has 0 saturated carbocycles. The Morgan fingerprint density at radius 2 is 2.32 bits per heavy atom. The van der Waals surface area contributed by atoms with E-state index >= 15 is 0 Å². The summed E-state index contributed by atoms with van der Waals surface area (Å²) in [7, 11) is 0. The molecule has 4 nitrogen and oxygen atoms in total. The van der Waals surface area contributed by atoms with Crippen LogP contribution in [0.15, 0.2) is 18.2 Å². The second kappa shape index (κ2) is 5.90. The van der Waals surface area contributed by atoms with E-state index in [1.54, 1.807) is 23.1 Å². The van der Waals surface area contributed by atoms with Crippen molar-refractivity contribution in [2.75, 3.05) is 19.8 Å². The minimum Gasteiger partial charge on any atom is -0.394 e. The van der Waals surface area contributed by atoms with Crippen LogP contribution in [0.2, 0.25) is 5.02 Å². The van der Waals surface area contributed by atoms with Crippen molar-refractivity contribution in [3.63, 3.8) is 0 Å². The average Bonchev–Trinajstić information content (AvgIpc) is 2.42. The van der Waals surface area contributed by atoms with Crippen molar-refractivity contribution in [3.8, 4) is 0 Å². The maximum atomic E-state index is 12.6. The number of morpholine rings is 1. The molecule has 0 spiro atoms. The number of ether oxygens (including phenoxy) is 1. The Balaban J connectivity index is 2.24. The van der Waals surface area contributed by atoms with E-state index in [0.29, 0.717) is 23.7 Å². The third-order valence-electron chi connectivity index (χ3n) is 3.47. The third-order valence-corrected chi connectivity index (χ3v) is 3.88. The van der Waals surface area contributed by atoms with Gasteiger partial charge < -0.3 is 14.7 Å². The lowest BCUT2D eigenvalue weighted by atomic mass is 10.1. The molecular formula is C14H18ClNO3. The number of benzene rings is 1. The molecule has 1 N–H and O–H groups in total. The smallest absolute Gasteiger partial charge is 0.254 e. The molecule has 1 fully saturated rings. The van der Waals surface area contributed by atoms with Crippen molar-refractivity contribution in [1.82, 2.24) is 4.90 Å². The molecule has 1 amide bonds. The van der Waals surface area contributed by atoms with Crippen LogP contribution in [0, 0.1) is 6.92 Å². The molecule has 1 aromatic rings. The standard InChI is InChI=1S/C14H18ClNO3/c1-9-8-19-11(7-17)6-16(9)14(18)12-4-3-5-13(15)10(12)2/h3-5,9,11,17H,6-8H2,1-2H3. The highest BCUT2D eigenvalue weighted by molar-refractivity contribution is 6.31. The van der Waals surface area contributed by atoms with Crippen molar-refractivity contribution >= 4 is 17.5 Å². The monoisotopic (exact) mass is 283 g/mol. The molecule has 104 valence electrons. The molecule has 2 atom stereocenters. The van der Waals surface area contributed by atoms with Gasteiger partial charge in [0.15, 0.2) is 0 Å². The molecule has 5 heteroatoms. The minimum absolute atomic E-state index is 0.00585. The summed E-state index contributed by atoms with van der Waals surface area (Å²) in [5.74, 6) is -0.0609. The number of hydrogen-bond acceptors (Lipinski definition) is 3. The number of aliphatic hydroxyl groups excluding tert-OH is 1. The van der Waals surface area contributed by atoms with Gasteiger partial charge in [-0.1, -0.05) is 17.7 Å². The lowest BCUT2D eigenvalue weighted by Gasteiger charge is -2.37. The summed E-state index contributed by atoms with van der Waals surface area (Å²) in [5.41, 5.74) is 1.39. The highest BCUT2D eigenvalue weighted by atomic mass is 35.5. The van der Waals surface area contributed by atoms with E-state index in [1.165, 1.54) is 0 Å². The number of amides is 1. The van der Waals surface area contributed by atoms with Gasteiger partial charge in [0.25, 0.3) is 5.91 Å². The SMILES string of the molecule is Cc1c(Cl)cccc1C(=O)N1CC(CO)OCC1C. The van der Waals surface area contributed by atoms with Crippen molar-refractivity contribution in [2.45, 2.75) is 26.0 Å². The van der Waals surface area contributed by atoms with E-state index in [4.69, 9.17) is 21.4 Å². The number of carbonyl (C=O) groups is 1. The summed E-state index contributed by atoms with van der Waals surface area (Å²) in [6.45, 7) is 4.54. The first-order valence-electron chi connectivity index (χ1n) is 6.33. The summed E-state index contributed by atoms with van der Waals surface area (Å²) in [4.78, 5) is 14.3. The van der Waals surface area contributed by atoms with Gasteiger partial charge in [-0.25, -0.2) is 0 Å². The van der Waals surface area contributed by atoms with Gasteiger partial charge in [-0.3, -0.25) is 4.79 Å². The van der Waals surface area contributed by atoms with Crippen LogP contribution in [0.25, 0.3) is 0 Å². The minimum atomic E-state index is -0.306. The van der Waals surface area contributed by atoms with Crippen LogP contribution < -0.4 is 0 Å². The van der Waals surface area contributed by atoms with E-state index in [2.05, 4.69) is 0 Å². The van der Waals surface area contributed by atoms with Crippen molar-refractivity contribution in [1.29, 1.82) is 0 Å². The number of hydrogen-bond donors (Lipinski definition) is 1. The first-order valence-corrected chi connectivity index (χ1v) is 6.71. The van der Waals surface area contributed by atoms with E-state index in [1.807, 2.05) is 13.8 Å². The quantitative estimate of drug-likeness (QED) is 0.901. The van der Waals surface area contributed by atoms with Crippen LogP contribution in [-0.4, -0.2) is 47.8 Å². The van der Waals surface area contributed by atoms with Gasteiger partial charge >= 0.3 is 0 Å². The van der Waals surface area contributed by atoms with E-state index in [9.17, 15) is 4.79 Å². The average molecular weight is 284 g/mol. The predicted molar refractivity (Wildman–Crippen MR) is 73.5 cm³/mol. The van der Waals surface area contributed by atoms with Crippen LogP contribution in [0.5, 0.6) is 0 Å². The number of nitrogens with zero attached hydrogens (tertiary/aromatic N) is 1. The van der Waals surface area contributed by atoms with Crippen molar-refractivity contribution in [2.24, 2.45) is 0 Å². The summed E-state index contributed by atoms with van der Waals surface area (Å²) in [5, 5.41) is 9.75. The van der Waals surface area contributed by atoms with Crippen LogP contribution >= 0.6 is 11.6 Å². The number of carbonyl (C=O) groups excluding carboxylic acids is 1. The fraction of sp³-hybridized carbons (Fsp3) is 0.500. The molecule has 1 aliphatic heterocycles. The van der Waals surface area contributed by atoms with Crippen LogP contribution in [0.4, 0.5) is 0 Å². The molecular weight excluding hydrogens is 266 g/mol. The molecule has 19 heavy (non-hydrogen) atoms. The van der Waals surface area contributed by atoms with Crippen LogP contribution in [-0.2, 0) is 4.74 Å². The molecule has 1 aromatic carbocycles. The molecule has 0 radical (unpaired) electrons. The van der Waals surface area contributed by atoms with Gasteiger partial charge in [-0.2, -0.15) is 0 Å². The second-order valence-corrected chi connectivity index (χ2v) is 5.26. The molecule has 1 heterocycles. The lowest BCUT2D eigenvalue weighted by Crippen LogP contribution is -2.52. The third kappa shape index (κ3) is 2.91. The molecule has 1 aliphatic rings. The number of rotatable bonds is 2. The summed E-state index contributed by atoms with van der Waals surface area (Å²) >= 11 is 6.05. The Kier molecular flexibility index (Phi) is 4.45. The van der Waals surface area contributed by atoms with Crippen molar-refractivity contribution in [3.05, 3.63) is 34.3 Å². The van der Waals surface area contributed by atoms with Gasteiger partial charge in [0.1, 0.15) is 0 Å². The van der Waals surface area contributed by atoms with E-state index in [-0.39, 0.29) is 24.7 Å². The fourth-order valence-electron chi connectivity index (χ4n) is 2.20. The number of halogens is 1. The summed E-state index contributed by atoms with van der Waals surface area (Å²) in [6.07, 6.45) is -0.306. The lowest BCUT2D eigenvalue weighted by molar-refractivity contribution is -0.0667. The zero-order chi connectivity index (χ0) is 14.0. The predicted octanol–water partition coefficient (Wildman–Crippen LogP) is 1.87. The fourth-order valence-corrected chi connectivity index (χ4v) is 2.38. The normalized spacial score (nSPS) is 23.5. The number of aliphatic hydroxyl groups is 1. The Bertz CT molecular complexity index is 478. The van der Waals surface area contributed by atoms with Gasteiger partial charge in [-0.15, -0.1) is 0 Å². The maximum absolute atomic E-state index is 12.6. The van der Waals surface area contributed by atoms with Gasteiger partial charge in [0, 0.05) is 17.1 Å². The van der Waals surface area contributed by atoms with Gasteiger partial charge in [0.05, 0.1) is 25.4 Å².